The number of nitrogen functional groups attached to an aromatic ring is 1. The number of halogens is 1. The van der Waals surface area contributed by atoms with E-state index in [2.05, 4.69) is 21.0 Å². The molecule has 1 aromatic carbocycles. The molecule has 2 unspecified atom stereocenters. The lowest BCUT2D eigenvalue weighted by molar-refractivity contribution is 0.131. The molecule has 19 heavy (non-hydrogen) atoms. The second-order valence-electron chi connectivity index (χ2n) is 4.97. The topological polar surface area (TPSA) is 64.1 Å². The van der Waals surface area contributed by atoms with Crippen LogP contribution in [0.3, 0.4) is 0 Å². The van der Waals surface area contributed by atoms with Gasteiger partial charge in [-0.25, -0.2) is 4.68 Å². The third kappa shape index (κ3) is 2.40. The molecule has 1 saturated carbocycles. The minimum atomic E-state index is -0.336. The van der Waals surface area contributed by atoms with Crippen LogP contribution in [0.2, 0.25) is 0 Å². The second-order valence-corrected chi connectivity index (χ2v) is 5.89. The number of benzene rings is 1. The van der Waals surface area contributed by atoms with Crippen molar-refractivity contribution in [1.29, 1.82) is 0 Å². The lowest BCUT2D eigenvalue weighted by atomic mass is 10.2. The first-order chi connectivity index (χ1) is 9.15. The highest BCUT2D eigenvalue weighted by Gasteiger charge is 2.29. The van der Waals surface area contributed by atoms with E-state index in [9.17, 15) is 5.11 Å². The quantitative estimate of drug-likeness (QED) is 0.893. The molecule has 2 atom stereocenters. The Labute approximate surface area is 120 Å². The van der Waals surface area contributed by atoms with Gasteiger partial charge in [-0.05, 0) is 31.4 Å². The molecule has 3 rings (SSSR count). The maximum Gasteiger partial charge on any atom is 0.122 e. The third-order valence-corrected chi connectivity index (χ3v) is 4.14. The van der Waals surface area contributed by atoms with Crippen LogP contribution in [0.25, 0.3) is 11.3 Å². The predicted molar refractivity (Wildman–Crippen MR) is 78.7 cm³/mol. The molecule has 1 heterocycles. The molecule has 0 aliphatic heterocycles. The van der Waals surface area contributed by atoms with Gasteiger partial charge in [0.1, 0.15) is 5.82 Å². The van der Waals surface area contributed by atoms with Crippen LogP contribution in [-0.2, 0) is 0 Å². The fraction of sp³-hybridized carbons (Fsp3) is 0.357. The SMILES string of the molecule is Nc1cc(-c2cccc(Br)c2)nn1C1CCCC1O. The van der Waals surface area contributed by atoms with Crippen molar-refractivity contribution in [3.05, 3.63) is 34.8 Å². The van der Waals surface area contributed by atoms with Crippen molar-refractivity contribution in [2.45, 2.75) is 31.4 Å². The maximum atomic E-state index is 9.97. The number of nitrogens with zero attached hydrogens (tertiary/aromatic N) is 2. The molecular formula is C14H16BrN3O. The van der Waals surface area contributed by atoms with Crippen LogP contribution >= 0.6 is 15.9 Å². The summed E-state index contributed by atoms with van der Waals surface area (Å²) in [5, 5.41) is 14.5. The van der Waals surface area contributed by atoms with E-state index in [-0.39, 0.29) is 12.1 Å². The van der Waals surface area contributed by atoms with Crippen LogP contribution in [0.15, 0.2) is 34.8 Å². The van der Waals surface area contributed by atoms with E-state index >= 15 is 0 Å². The van der Waals surface area contributed by atoms with E-state index in [0.717, 1.165) is 35.0 Å². The lowest BCUT2D eigenvalue weighted by Crippen LogP contribution is -2.20. The Morgan fingerprint density at radius 3 is 2.84 bits per heavy atom. The summed E-state index contributed by atoms with van der Waals surface area (Å²) >= 11 is 3.45. The summed E-state index contributed by atoms with van der Waals surface area (Å²) in [6.07, 6.45) is 2.45. The molecular weight excluding hydrogens is 306 g/mol. The predicted octanol–water partition coefficient (Wildman–Crippen LogP) is 2.98. The van der Waals surface area contributed by atoms with Crippen molar-refractivity contribution >= 4 is 21.7 Å². The lowest BCUT2D eigenvalue weighted by Gasteiger charge is -2.16. The molecule has 3 N–H and O–H groups in total. The summed E-state index contributed by atoms with van der Waals surface area (Å²) in [5.41, 5.74) is 7.90. The zero-order chi connectivity index (χ0) is 13.4. The summed E-state index contributed by atoms with van der Waals surface area (Å²) in [7, 11) is 0. The van der Waals surface area contributed by atoms with E-state index in [1.165, 1.54) is 0 Å². The minimum absolute atomic E-state index is 0.0147. The van der Waals surface area contributed by atoms with Crippen LogP contribution < -0.4 is 5.73 Å². The van der Waals surface area contributed by atoms with E-state index < -0.39 is 0 Å². The molecule has 100 valence electrons. The van der Waals surface area contributed by atoms with E-state index in [0.29, 0.717) is 5.82 Å². The van der Waals surface area contributed by atoms with Gasteiger partial charge in [0.25, 0.3) is 0 Å². The number of hydrogen-bond donors (Lipinski definition) is 2. The zero-order valence-corrected chi connectivity index (χ0v) is 12.0. The number of hydrogen-bond acceptors (Lipinski definition) is 3. The Morgan fingerprint density at radius 2 is 2.16 bits per heavy atom. The number of nitrogens with two attached hydrogens (primary N) is 1. The number of aromatic nitrogens is 2. The Hall–Kier alpha value is -1.33. The summed E-state index contributed by atoms with van der Waals surface area (Å²) in [5.74, 6) is 0.612. The molecule has 0 amide bonds. The fourth-order valence-electron chi connectivity index (χ4n) is 2.67. The highest BCUT2D eigenvalue weighted by molar-refractivity contribution is 9.10. The monoisotopic (exact) mass is 321 g/mol. The van der Waals surface area contributed by atoms with Gasteiger partial charge >= 0.3 is 0 Å². The van der Waals surface area contributed by atoms with E-state index in [1.807, 2.05) is 30.3 Å². The van der Waals surface area contributed by atoms with Crippen molar-refractivity contribution < 1.29 is 5.11 Å². The summed E-state index contributed by atoms with van der Waals surface area (Å²) in [6.45, 7) is 0. The fourth-order valence-corrected chi connectivity index (χ4v) is 3.07. The molecule has 1 aromatic heterocycles. The number of rotatable bonds is 2. The largest absolute Gasteiger partial charge is 0.391 e. The molecule has 1 fully saturated rings. The Balaban J connectivity index is 1.97. The van der Waals surface area contributed by atoms with E-state index in [1.54, 1.807) is 4.68 Å². The van der Waals surface area contributed by atoms with Gasteiger partial charge < -0.3 is 10.8 Å². The van der Waals surface area contributed by atoms with Gasteiger partial charge in [0.15, 0.2) is 0 Å². The van der Waals surface area contributed by atoms with Gasteiger partial charge in [-0.3, -0.25) is 0 Å². The minimum Gasteiger partial charge on any atom is -0.391 e. The number of aliphatic hydroxyl groups excluding tert-OH is 1. The van der Waals surface area contributed by atoms with Crippen LogP contribution in [0, 0.1) is 0 Å². The molecule has 0 radical (unpaired) electrons. The van der Waals surface area contributed by atoms with Gasteiger partial charge in [-0.1, -0.05) is 28.1 Å². The highest BCUT2D eigenvalue weighted by atomic mass is 79.9. The van der Waals surface area contributed by atoms with Crippen LogP contribution in [-0.4, -0.2) is 21.0 Å². The van der Waals surface area contributed by atoms with Gasteiger partial charge in [0.2, 0.25) is 0 Å². The Kier molecular flexibility index (Phi) is 3.33. The number of anilines is 1. The molecule has 4 nitrogen and oxygen atoms in total. The van der Waals surface area contributed by atoms with Crippen LogP contribution in [0.5, 0.6) is 0 Å². The second kappa shape index (κ2) is 4.98. The molecule has 1 aliphatic rings. The van der Waals surface area contributed by atoms with Crippen molar-refractivity contribution in [3.63, 3.8) is 0 Å². The third-order valence-electron chi connectivity index (χ3n) is 3.64. The first-order valence-corrected chi connectivity index (χ1v) is 7.23. The average molecular weight is 322 g/mol. The molecule has 0 saturated heterocycles. The molecule has 5 heteroatoms. The normalized spacial score (nSPS) is 22.8. The van der Waals surface area contributed by atoms with Crippen molar-refractivity contribution in [2.75, 3.05) is 5.73 Å². The summed E-state index contributed by atoms with van der Waals surface area (Å²) in [4.78, 5) is 0. The molecule has 1 aliphatic carbocycles. The van der Waals surface area contributed by atoms with Crippen molar-refractivity contribution in [3.8, 4) is 11.3 Å². The Morgan fingerprint density at radius 1 is 1.32 bits per heavy atom. The van der Waals surface area contributed by atoms with Crippen molar-refractivity contribution in [2.24, 2.45) is 0 Å². The van der Waals surface area contributed by atoms with Gasteiger partial charge in [0.05, 0.1) is 17.8 Å². The van der Waals surface area contributed by atoms with Crippen LogP contribution in [0.4, 0.5) is 5.82 Å². The van der Waals surface area contributed by atoms with Gasteiger partial charge in [-0.15, -0.1) is 0 Å². The van der Waals surface area contributed by atoms with E-state index in [4.69, 9.17) is 5.73 Å². The van der Waals surface area contributed by atoms with Crippen LogP contribution in [0.1, 0.15) is 25.3 Å². The smallest absolute Gasteiger partial charge is 0.122 e. The first kappa shape index (κ1) is 12.7. The summed E-state index contributed by atoms with van der Waals surface area (Å²) < 4.78 is 2.78. The maximum absolute atomic E-state index is 9.97. The molecule has 0 spiro atoms. The average Bonchev–Trinajstić information content (AvgIpc) is 2.95. The van der Waals surface area contributed by atoms with Gasteiger partial charge in [-0.2, -0.15) is 5.10 Å². The van der Waals surface area contributed by atoms with Crippen molar-refractivity contribution in [1.82, 2.24) is 9.78 Å². The standard InChI is InChI=1S/C14H16BrN3O/c15-10-4-1-3-9(7-10)11-8-14(16)18(17-11)12-5-2-6-13(12)19/h1,3-4,7-8,12-13,19H,2,5-6,16H2. The molecule has 0 bridgehead atoms. The summed E-state index contributed by atoms with van der Waals surface area (Å²) in [6, 6.07) is 9.84. The zero-order valence-electron chi connectivity index (χ0n) is 10.5. The molecule has 2 aromatic rings. The highest BCUT2D eigenvalue weighted by Crippen LogP contribution is 2.33. The first-order valence-electron chi connectivity index (χ1n) is 6.44. The number of aliphatic hydroxyl groups is 1. The Bertz CT molecular complexity index is 596. The van der Waals surface area contributed by atoms with Gasteiger partial charge in [0, 0.05) is 16.1 Å².